The highest BCUT2D eigenvalue weighted by atomic mass is 16.3. The van der Waals surface area contributed by atoms with Crippen LogP contribution in [-0.4, -0.2) is 6.54 Å². The van der Waals surface area contributed by atoms with Gasteiger partial charge in [-0.1, -0.05) is 114 Å². The Bertz CT molecular complexity index is 475. The van der Waals surface area contributed by atoms with Gasteiger partial charge in [0.2, 0.25) is 0 Å². The predicted octanol–water partition coefficient (Wildman–Crippen LogP) is 7.54. The average Bonchev–Trinajstić information content (AvgIpc) is 2.72. The number of hydrogen-bond donors (Lipinski definition) is 0. The first-order chi connectivity index (χ1) is 13.9. The Morgan fingerprint density at radius 2 is 1.21 bits per heavy atom. The Morgan fingerprint density at radius 1 is 0.714 bits per heavy atom. The van der Waals surface area contributed by atoms with Gasteiger partial charge in [-0.05, 0) is 6.42 Å². The first kappa shape index (κ1) is 24.8. The van der Waals surface area contributed by atoms with Gasteiger partial charge in [-0.15, -0.1) is 0 Å². The highest BCUT2D eigenvalue weighted by Crippen LogP contribution is 2.14. The maximum atomic E-state index is 10.3. The number of nitroso groups, excluding NO2 is 1. The van der Waals surface area contributed by atoms with E-state index in [1.807, 2.05) is 6.07 Å². The summed E-state index contributed by atoms with van der Waals surface area (Å²) in [5, 5.41) is 2.98. The first-order valence-corrected chi connectivity index (χ1v) is 12.1. The van der Waals surface area contributed by atoms with E-state index in [0.717, 1.165) is 6.42 Å². The van der Waals surface area contributed by atoms with Crippen molar-refractivity contribution >= 4 is 0 Å². The number of rotatable bonds is 20. The van der Waals surface area contributed by atoms with Crippen LogP contribution < -0.4 is 4.57 Å². The van der Waals surface area contributed by atoms with Gasteiger partial charge in [-0.25, -0.2) is 4.57 Å². The average molecular weight is 390 g/mol. The molecule has 0 unspecified atom stereocenters. The van der Waals surface area contributed by atoms with Crippen molar-refractivity contribution in [3.8, 4) is 0 Å². The summed E-state index contributed by atoms with van der Waals surface area (Å²) in [6, 6.07) is 6.30. The molecular formula is C25H45N2O+. The third kappa shape index (κ3) is 13.8. The Kier molecular flexibility index (Phi) is 16.9. The van der Waals surface area contributed by atoms with Crippen LogP contribution in [0.15, 0.2) is 29.6 Å². The summed E-state index contributed by atoms with van der Waals surface area (Å²) in [6.07, 6.45) is 25.7. The van der Waals surface area contributed by atoms with Gasteiger partial charge in [0.05, 0.1) is 0 Å². The molecule has 1 rings (SSSR count). The molecule has 0 spiro atoms. The molecule has 0 saturated heterocycles. The summed E-state index contributed by atoms with van der Waals surface area (Å²) in [6.45, 7) is 3.36. The number of unbranched alkanes of at least 4 members (excludes halogenated alkanes) is 15. The van der Waals surface area contributed by atoms with E-state index in [9.17, 15) is 4.91 Å². The van der Waals surface area contributed by atoms with Gasteiger partial charge in [0.15, 0.2) is 18.4 Å². The molecule has 1 heterocycles. The Hall–Kier alpha value is -1.25. The van der Waals surface area contributed by atoms with E-state index >= 15 is 0 Å². The number of aryl methyl sites for hydroxylation is 1. The topological polar surface area (TPSA) is 33.3 Å². The summed E-state index contributed by atoms with van der Waals surface area (Å²) in [5.41, 5.74) is 1.33. The van der Waals surface area contributed by atoms with Gasteiger partial charge in [0.1, 0.15) is 6.54 Å². The molecule has 3 heteroatoms. The lowest BCUT2D eigenvalue weighted by Gasteiger charge is -2.04. The van der Waals surface area contributed by atoms with Crippen molar-refractivity contribution in [2.45, 2.75) is 123 Å². The quantitative estimate of drug-likeness (QED) is 0.129. The normalized spacial score (nSPS) is 11.0. The minimum Gasteiger partial charge on any atom is -0.200 e. The van der Waals surface area contributed by atoms with Gasteiger partial charge >= 0.3 is 0 Å². The summed E-state index contributed by atoms with van der Waals surface area (Å²) in [4.78, 5) is 10.3. The molecule has 0 aliphatic carbocycles. The fraction of sp³-hybridized carbons (Fsp3) is 0.800. The number of hydrogen-bond acceptors (Lipinski definition) is 2. The summed E-state index contributed by atoms with van der Waals surface area (Å²) in [7, 11) is 0. The van der Waals surface area contributed by atoms with Gasteiger partial charge < -0.3 is 0 Å². The molecule has 28 heavy (non-hydrogen) atoms. The predicted molar refractivity (Wildman–Crippen MR) is 121 cm³/mol. The van der Waals surface area contributed by atoms with E-state index in [1.165, 1.54) is 108 Å². The lowest BCUT2D eigenvalue weighted by Crippen LogP contribution is -2.39. The standard InChI is InChI=1S/C25H45N2O/c1-2-3-4-5-6-7-8-9-10-11-12-13-14-15-16-17-20-25-21-18-19-23-27(25)24-22-26-28/h18-19,21,23H,2-17,20,22,24H2,1H3/q+1. The van der Waals surface area contributed by atoms with Crippen LogP contribution in [0.3, 0.4) is 0 Å². The Balaban J connectivity index is 1.86. The highest BCUT2D eigenvalue weighted by molar-refractivity contribution is 4.97. The van der Waals surface area contributed by atoms with Crippen molar-refractivity contribution < 1.29 is 4.57 Å². The van der Waals surface area contributed by atoms with E-state index in [4.69, 9.17) is 0 Å². The minimum atomic E-state index is 0.362. The van der Waals surface area contributed by atoms with Gasteiger partial charge in [0.25, 0.3) is 0 Å². The third-order valence-corrected chi connectivity index (χ3v) is 5.75. The van der Waals surface area contributed by atoms with Crippen molar-refractivity contribution in [3.63, 3.8) is 0 Å². The molecule has 1 aromatic rings. The zero-order valence-electron chi connectivity index (χ0n) is 18.5. The molecule has 0 aliphatic rings. The minimum absolute atomic E-state index is 0.362. The van der Waals surface area contributed by atoms with E-state index in [-0.39, 0.29) is 0 Å². The number of nitrogens with zero attached hydrogens (tertiary/aromatic N) is 2. The second-order valence-electron chi connectivity index (χ2n) is 8.29. The van der Waals surface area contributed by atoms with Crippen LogP contribution in [0.1, 0.15) is 115 Å². The summed E-state index contributed by atoms with van der Waals surface area (Å²) < 4.78 is 2.17. The lowest BCUT2D eigenvalue weighted by molar-refractivity contribution is -0.701. The Morgan fingerprint density at radius 3 is 1.71 bits per heavy atom. The van der Waals surface area contributed by atoms with Crippen molar-refractivity contribution in [3.05, 3.63) is 35.0 Å². The molecule has 0 N–H and O–H groups in total. The van der Waals surface area contributed by atoms with Crippen LogP contribution in [0, 0.1) is 4.91 Å². The fourth-order valence-corrected chi connectivity index (χ4v) is 3.96. The molecule has 1 aromatic heterocycles. The van der Waals surface area contributed by atoms with Crippen LogP contribution in [0.25, 0.3) is 0 Å². The van der Waals surface area contributed by atoms with Crippen LogP contribution in [0.2, 0.25) is 0 Å². The SMILES string of the molecule is CCCCCCCCCCCCCCCCCCc1cccc[n+]1CCN=O. The maximum absolute atomic E-state index is 10.3. The van der Waals surface area contributed by atoms with Crippen LogP contribution in [0.5, 0.6) is 0 Å². The van der Waals surface area contributed by atoms with Gasteiger partial charge in [-0.2, -0.15) is 4.91 Å². The molecule has 0 saturated carbocycles. The van der Waals surface area contributed by atoms with Crippen LogP contribution in [0.4, 0.5) is 0 Å². The molecule has 0 amide bonds. The molecular weight excluding hydrogens is 344 g/mol. The van der Waals surface area contributed by atoms with Gasteiger partial charge in [-0.3, -0.25) is 0 Å². The third-order valence-electron chi connectivity index (χ3n) is 5.75. The van der Waals surface area contributed by atoms with Gasteiger partial charge in [0, 0.05) is 18.6 Å². The molecule has 3 nitrogen and oxygen atoms in total. The van der Waals surface area contributed by atoms with Crippen molar-refractivity contribution in [1.82, 2.24) is 0 Å². The molecule has 0 bridgehead atoms. The molecule has 0 atom stereocenters. The fourth-order valence-electron chi connectivity index (χ4n) is 3.96. The summed E-state index contributed by atoms with van der Waals surface area (Å²) >= 11 is 0. The number of aromatic nitrogens is 1. The first-order valence-electron chi connectivity index (χ1n) is 12.1. The molecule has 160 valence electrons. The van der Waals surface area contributed by atoms with Crippen LogP contribution >= 0.6 is 0 Å². The molecule has 0 radical (unpaired) electrons. The number of pyridine rings is 1. The van der Waals surface area contributed by atoms with Crippen molar-refractivity contribution in [2.75, 3.05) is 6.54 Å². The van der Waals surface area contributed by atoms with E-state index in [1.54, 1.807) is 0 Å². The largest absolute Gasteiger partial charge is 0.200 e. The molecule has 0 fully saturated rings. The summed E-state index contributed by atoms with van der Waals surface area (Å²) in [5.74, 6) is 0. The van der Waals surface area contributed by atoms with E-state index in [0.29, 0.717) is 13.1 Å². The lowest BCUT2D eigenvalue weighted by atomic mass is 10.0. The zero-order chi connectivity index (χ0) is 20.1. The zero-order valence-corrected chi connectivity index (χ0v) is 18.5. The van der Waals surface area contributed by atoms with Crippen molar-refractivity contribution in [2.24, 2.45) is 5.18 Å². The maximum Gasteiger partial charge on any atom is 0.181 e. The van der Waals surface area contributed by atoms with Crippen LogP contribution in [-0.2, 0) is 13.0 Å². The highest BCUT2D eigenvalue weighted by Gasteiger charge is 2.08. The second kappa shape index (κ2) is 19.1. The van der Waals surface area contributed by atoms with E-state index in [2.05, 4.69) is 35.0 Å². The monoisotopic (exact) mass is 389 g/mol. The van der Waals surface area contributed by atoms with E-state index < -0.39 is 0 Å². The molecule has 0 aromatic carbocycles. The molecule has 0 aliphatic heterocycles. The smallest absolute Gasteiger partial charge is 0.181 e. The van der Waals surface area contributed by atoms with Crippen molar-refractivity contribution in [1.29, 1.82) is 0 Å². The second-order valence-corrected chi connectivity index (χ2v) is 8.29. The Labute approximate surface area is 174 Å².